The number of carboxylic acids is 1. The number of aromatic nitrogens is 1. The molecule has 0 radical (unpaired) electrons. The van der Waals surface area contributed by atoms with Crippen LogP contribution in [-0.4, -0.2) is 35.0 Å². The van der Waals surface area contributed by atoms with E-state index in [1.165, 1.54) is 12.3 Å². The Morgan fingerprint density at radius 3 is 2.42 bits per heavy atom. The summed E-state index contributed by atoms with van der Waals surface area (Å²) >= 11 is 0. The molecule has 0 aliphatic rings. The van der Waals surface area contributed by atoms with E-state index in [9.17, 15) is 9.59 Å². The molecule has 0 aliphatic carbocycles. The Labute approximate surface area is 113 Å². The van der Waals surface area contributed by atoms with Crippen LogP contribution in [-0.2, 0) is 11.3 Å². The monoisotopic (exact) mass is 265 g/mol. The average Bonchev–Trinajstić information content (AvgIpc) is 2.38. The van der Waals surface area contributed by atoms with Gasteiger partial charge in [-0.3, -0.25) is 4.79 Å². The maximum atomic E-state index is 12.1. The van der Waals surface area contributed by atoms with Crippen molar-refractivity contribution >= 4 is 11.9 Å². The Morgan fingerprint density at radius 2 is 1.89 bits per heavy atom. The van der Waals surface area contributed by atoms with E-state index < -0.39 is 5.97 Å². The summed E-state index contributed by atoms with van der Waals surface area (Å²) in [5, 5.41) is 8.91. The lowest BCUT2D eigenvalue weighted by molar-refractivity contribution is -0.685. The molecule has 0 saturated heterocycles. The van der Waals surface area contributed by atoms with E-state index in [4.69, 9.17) is 5.11 Å². The largest absolute Gasteiger partial charge is 0.477 e. The molecule has 0 bridgehead atoms. The van der Waals surface area contributed by atoms with Gasteiger partial charge in [-0.25, -0.2) is 4.79 Å². The maximum absolute atomic E-state index is 12.1. The summed E-state index contributed by atoms with van der Waals surface area (Å²) in [7, 11) is 0. The number of amides is 1. The van der Waals surface area contributed by atoms with Gasteiger partial charge >= 0.3 is 5.97 Å². The van der Waals surface area contributed by atoms with Crippen molar-refractivity contribution in [1.82, 2.24) is 4.90 Å². The van der Waals surface area contributed by atoms with Gasteiger partial charge in [0.2, 0.25) is 6.54 Å². The van der Waals surface area contributed by atoms with Gasteiger partial charge in [0, 0.05) is 19.2 Å². The first-order valence-corrected chi connectivity index (χ1v) is 6.58. The highest BCUT2D eigenvalue weighted by molar-refractivity contribution is 5.86. The molecule has 5 nitrogen and oxygen atoms in total. The van der Waals surface area contributed by atoms with Crippen LogP contribution in [0.3, 0.4) is 0 Å². The molecule has 0 fully saturated rings. The van der Waals surface area contributed by atoms with Gasteiger partial charge in [0.05, 0.1) is 0 Å². The standard InChI is InChI=1S/C14H20N2O3/c1-3-7-16(8-4-2)13(17)11-15-9-5-6-12(10-15)14(18)19/h5-6,9-10H,3-4,7-8,11H2,1-2H3/p+1. The van der Waals surface area contributed by atoms with Crippen LogP contribution < -0.4 is 4.57 Å². The summed E-state index contributed by atoms with van der Waals surface area (Å²) in [5.41, 5.74) is 0.188. The second kappa shape index (κ2) is 7.51. The lowest BCUT2D eigenvalue weighted by Gasteiger charge is -2.19. The van der Waals surface area contributed by atoms with Crippen molar-refractivity contribution in [3.05, 3.63) is 30.1 Å². The van der Waals surface area contributed by atoms with Gasteiger partial charge in [0.15, 0.2) is 12.4 Å². The predicted octanol–water partition coefficient (Wildman–Crippen LogP) is 1.32. The third-order valence-electron chi connectivity index (χ3n) is 2.76. The van der Waals surface area contributed by atoms with Gasteiger partial charge in [-0.1, -0.05) is 13.8 Å². The second-order valence-corrected chi connectivity index (χ2v) is 4.45. The summed E-state index contributed by atoms with van der Waals surface area (Å²) in [5.74, 6) is -0.961. The first-order chi connectivity index (χ1) is 9.08. The number of rotatable bonds is 7. The SMILES string of the molecule is CCCN(CCC)C(=O)C[n+]1cccc(C(=O)O)c1. The molecule has 1 heterocycles. The molecule has 0 aromatic carbocycles. The maximum Gasteiger partial charge on any atom is 0.341 e. The van der Waals surface area contributed by atoms with Crippen molar-refractivity contribution < 1.29 is 19.3 Å². The average molecular weight is 265 g/mol. The van der Waals surface area contributed by atoms with Crippen LogP contribution in [0.25, 0.3) is 0 Å². The third kappa shape index (κ3) is 4.69. The van der Waals surface area contributed by atoms with Crippen LogP contribution in [0.2, 0.25) is 0 Å². The normalized spacial score (nSPS) is 10.2. The highest BCUT2D eigenvalue weighted by atomic mass is 16.4. The molecule has 1 amide bonds. The fourth-order valence-electron chi connectivity index (χ4n) is 1.90. The Bertz CT molecular complexity index is 440. The molecule has 0 unspecified atom stereocenters. The van der Waals surface area contributed by atoms with Crippen LogP contribution in [0.15, 0.2) is 24.5 Å². The number of pyridine rings is 1. The zero-order chi connectivity index (χ0) is 14.3. The highest BCUT2D eigenvalue weighted by Crippen LogP contribution is 1.97. The van der Waals surface area contributed by atoms with E-state index in [0.29, 0.717) is 0 Å². The van der Waals surface area contributed by atoms with E-state index in [-0.39, 0.29) is 18.0 Å². The summed E-state index contributed by atoms with van der Waals surface area (Å²) in [6.07, 6.45) is 5.04. The molecule has 0 spiro atoms. The quantitative estimate of drug-likeness (QED) is 0.756. The van der Waals surface area contributed by atoms with Gasteiger partial charge in [-0.05, 0) is 18.9 Å². The molecule has 1 aromatic rings. The van der Waals surface area contributed by atoms with Crippen LogP contribution >= 0.6 is 0 Å². The first-order valence-electron chi connectivity index (χ1n) is 6.58. The third-order valence-corrected chi connectivity index (χ3v) is 2.76. The van der Waals surface area contributed by atoms with Gasteiger partial charge < -0.3 is 10.0 Å². The van der Waals surface area contributed by atoms with Gasteiger partial charge in [-0.15, -0.1) is 0 Å². The van der Waals surface area contributed by atoms with Crippen molar-refractivity contribution in [1.29, 1.82) is 0 Å². The van der Waals surface area contributed by atoms with Crippen molar-refractivity contribution in [3.8, 4) is 0 Å². The van der Waals surface area contributed by atoms with Gasteiger partial charge in [-0.2, -0.15) is 4.57 Å². The van der Waals surface area contributed by atoms with Crippen LogP contribution in [0.1, 0.15) is 37.0 Å². The minimum atomic E-state index is -0.985. The fourth-order valence-corrected chi connectivity index (χ4v) is 1.90. The molecular weight excluding hydrogens is 244 g/mol. The number of carboxylic acid groups (broad SMARTS) is 1. The first kappa shape index (κ1) is 15.1. The number of aromatic carboxylic acids is 1. The molecule has 0 atom stereocenters. The zero-order valence-electron chi connectivity index (χ0n) is 11.5. The Morgan fingerprint density at radius 1 is 1.26 bits per heavy atom. The van der Waals surface area contributed by atoms with E-state index >= 15 is 0 Å². The lowest BCUT2D eigenvalue weighted by Crippen LogP contribution is -2.45. The number of carbonyl (C=O) groups is 2. The van der Waals surface area contributed by atoms with Crippen molar-refractivity contribution in [2.24, 2.45) is 0 Å². The van der Waals surface area contributed by atoms with Crippen molar-refractivity contribution in [2.75, 3.05) is 13.1 Å². The predicted molar refractivity (Wildman–Crippen MR) is 70.8 cm³/mol. The number of carbonyl (C=O) groups excluding carboxylic acids is 1. The molecular formula is C14H21N2O3+. The van der Waals surface area contributed by atoms with Crippen molar-refractivity contribution in [3.63, 3.8) is 0 Å². The highest BCUT2D eigenvalue weighted by Gasteiger charge is 2.17. The fraction of sp³-hybridized carbons (Fsp3) is 0.500. The lowest BCUT2D eigenvalue weighted by atomic mass is 10.3. The van der Waals surface area contributed by atoms with Crippen LogP contribution in [0.4, 0.5) is 0 Å². The molecule has 5 heteroatoms. The van der Waals surface area contributed by atoms with Crippen LogP contribution in [0.5, 0.6) is 0 Å². The molecule has 1 N–H and O–H groups in total. The number of hydrogen-bond acceptors (Lipinski definition) is 2. The number of nitrogens with zero attached hydrogens (tertiary/aromatic N) is 2. The molecule has 19 heavy (non-hydrogen) atoms. The molecule has 1 aromatic heterocycles. The molecule has 1 rings (SSSR count). The zero-order valence-corrected chi connectivity index (χ0v) is 11.5. The summed E-state index contributed by atoms with van der Waals surface area (Å²) in [6, 6.07) is 3.15. The molecule has 0 aliphatic heterocycles. The summed E-state index contributed by atoms with van der Waals surface area (Å²) in [6.45, 7) is 5.74. The summed E-state index contributed by atoms with van der Waals surface area (Å²) in [4.78, 5) is 24.8. The topological polar surface area (TPSA) is 61.5 Å². The Kier molecular flexibility index (Phi) is 5.99. The van der Waals surface area contributed by atoms with Crippen molar-refractivity contribution in [2.45, 2.75) is 33.2 Å². The van der Waals surface area contributed by atoms with Gasteiger partial charge in [0.25, 0.3) is 5.91 Å². The summed E-state index contributed by atoms with van der Waals surface area (Å²) < 4.78 is 1.62. The van der Waals surface area contributed by atoms with E-state index in [2.05, 4.69) is 0 Å². The smallest absolute Gasteiger partial charge is 0.341 e. The Balaban J connectivity index is 2.74. The molecule has 104 valence electrons. The van der Waals surface area contributed by atoms with E-state index in [1.807, 2.05) is 18.7 Å². The van der Waals surface area contributed by atoms with Crippen LogP contribution in [0, 0.1) is 0 Å². The second-order valence-electron chi connectivity index (χ2n) is 4.45. The van der Waals surface area contributed by atoms with E-state index in [0.717, 1.165) is 25.9 Å². The molecule has 0 saturated carbocycles. The Hall–Kier alpha value is -1.91. The van der Waals surface area contributed by atoms with E-state index in [1.54, 1.807) is 16.8 Å². The minimum absolute atomic E-state index is 0.0243. The van der Waals surface area contributed by atoms with Gasteiger partial charge in [0.1, 0.15) is 5.56 Å². The number of hydrogen-bond donors (Lipinski definition) is 1. The minimum Gasteiger partial charge on any atom is -0.477 e.